The standard InChI is InChI=1S/C14H15BrClN3/c1-18-13(8-10-3-2-6-19-14(10)17)9-4-5-12(16)11(15)7-9/h2-7,13,18H,8H2,1H3,(H2,17,19). The van der Waals surface area contributed by atoms with Crippen LogP contribution < -0.4 is 11.1 Å². The van der Waals surface area contributed by atoms with Gasteiger partial charge in [0.2, 0.25) is 0 Å². The molecule has 100 valence electrons. The Hall–Kier alpha value is -1.10. The zero-order chi connectivity index (χ0) is 13.8. The fourth-order valence-electron chi connectivity index (χ4n) is 1.96. The summed E-state index contributed by atoms with van der Waals surface area (Å²) >= 11 is 9.46. The number of likely N-dealkylation sites (N-methyl/N-ethyl adjacent to an activating group) is 1. The van der Waals surface area contributed by atoms with Gasteiger partial charge >= 0.3 is 0 Å². The third kappa shape index (κ3) is 3.47. The summed E-state index contributed by atoms with van der Waals surface area (Å²) in [5.41, 5.74) is 8.08. The summed E-state index contributed by atoms with van der Waals surface area (Å²) in [6.07, 6.45) is 2.48. The molecule has 1 aromatic heterocycles. The van der Waals surface area contributed by atoms with Crippen LogP contribution >= 0.6 is 27.5 Å². The zero-order valence-corrected chi connectivity index (χ0v) is 12.9. The Morgan fingerprint density at radius 2 is 2.21 bits per heavy atom. The number of nitrogens with one attached hydrogen (secondary N) is 1. The highest BCUT2D eigenvalue weighted by Crippen LogP contribution is 2.28. The minimum atomic E-state index is 0.167. The minimum absolute atomic E-state index is 0.167. The largest absolute Gasteiger partial charge is 0.383 e. The van der Waals surface area contributed by atoms with Crippen molar-refractivity contribution in [3.63, 3.8) is 0 Å². The molecule has 1 heterocycles. The van der Waals surface area contributed by atoms with Crippen molar-refractivity contribution in [2.45, 2.75) is 12.5 Å². The van der Waals surface area contributed by atoms with Crippen LogP contribution in [0, 0.1) is 0 Å². The van der Waals surface area contributed by atoms with Crippen molar-refractivity contribution in [1.82, 2.24) is 10.3 Å². The average Bonchev–Trinajstić information content (AvgIpc) is 2.41. The van der Waals surface area contributed by atoms with Gasteiger partial charge in [-0.1, -0.05) is 23.7 Å². The van der Waals surface area contributed by atoms with Gasteiger partial charge in [0.25, 0.3) is 0 Å². The predicted molar refractivity (Wildman–Crippen MR) is 83.3 cm³/mol. The molecule has 0 aliphatic carbocycles. The second-order valence-corrected chi connectivity index (χ2v) is 5.53. The third-order valence-electron chi connectivity index (χ3n) is 3.04. The minimum Gasteiger partial charge on any atom is -0.383 e. The molecule has 1 atom stereocenters. The molecule has 19 heavy (non-hydrogen) atoms. The van der Waals surface area contributed by atoms with Gasteiger partial charge in [0, 0.05) is 16.7 Å². The summed E-state index contributed by atoms with van der Waals surface area (Å²) in [7, 11) is 1.93. The Morgan fingerprint density at radius 3 is 2.84 bits per heavy atom. The molecule has 0 fully saturated rings. The molecule has 0 spiro atoms. The van der Waals surface area contributed by atoms with E-state index in [0.29, 0.717) is 10.8 Å². The molecule has 3 N–H and O–H groups in total. The molecule has 3 nitrogen and oxygen atoms in total. The number of nitrogens with zero attached hydrogens (tertiary/aromatic N) is 1. The molecule has 0 saturated heterocycles. The van der Waals surface area contributed by atoms with Crippen molar-refractivity contribution in [2.24, 2.45) is 0 Å². The molecular weight excluding hydrogens is 326 g/mol. The van der Waals surface area contributed by atoms with E-state index in [2.05, 4.69) is 26.2 Å². The first kappa shape index (κ1) is 14.3. The number of hydrogen-bond acceptors (Lipinski definition) is 3. The topological polar surface area (TPSA) is 50.9 Å². The highest BCUT2D eigenvalue weighted by atomic mass is 79.9. The first-order chi connectivity index (χ1) is 9.11. The lowest BCUT2D eigenvalue weighted by Gasteiger charge is -2.18. The van der Waals surface area contributed by atoms with Crippen molar-refractivity contribution in [1.29, 1.82) is 0 Å². The van der Waals surface area contributed by atoms with Crippen molar-refractivity contribution < 1.29 is 0 Å². The van der Waals surface area contributed by atoms with E-state index < -0.39 is 0 Å². The molecule has 1 unspecified atom stereocenters. The summed E-state index contributed by atoms with van der Waals surface area (Å²) in [5.74, 6) is 0.579. The maximum Gasteiger partial charge on any atom is 0.126 e. The normalized spacial score (nSPS) is 12.4. The monoisotopic (exact) mass is 339 g/mol. The van der Waals surface area contributed by atoms with Gasteiger partial charge in [-0.15, -0.1) is 0 Å². The Labute approximate surface area is 126 Å². The summed E-state index contributed by atoms with van der Waals surface area (Å²) in [6.45, 7) is 0. The van der Waals surface area contributed by atoms with E-state index in [0.717, 1.165) is 22.0 Å². The Kier molecular flexibility index (Phi) is 4.80. The maximum absolute atomic E-state index is 6.02. The number of rotatable bonds is 4. The molecule has 5 heteroatoms. The molecule has 1 aromatic carbocycles. The number of anilines is 1. The van der Waals surface area contributed by atoms with Crippen LogP contribution in [0.15, 0.2) is 41.0 Å². The van der Waals surface area contributed by atoms with Crippen molar-refractivity contribution >= 4 is 33.3 Å². The summed E-state index contributed by atoms with van der Waals surface area (Å²) < 4.78 is 0.895. The SMILES string of the molecule is CNC(Cc1cccnc1N)c1ccc(Cl)c(Br)c1. The fraction of sp³-hybridized carbons (Fsp3) is 0.214. The first-order valence-electron chi connectivity index (χ1n) is 5.93. The summed E-state index contributed by atoms with van der Waals surface area (Å²) in [4.78, 5) is 4.11. The van der Waals surface area contributed by atoms with E-state index in [1.807, 2.05) is 37.4 Å². The van der Waals surface area contributed by atoms with Gasteiger partial charge in [-0.05, 0) is 58.7 Å². The van der Waals surface area contributed by atoms with Crippen molar-refractivity contribution in [2.75, 3.05) is 12.8 Å². The lowest BCUT2D eigenvalue weighted by atomic mass is 9.99. The molecule has 0 aliphatic rings. The molecule has 2 rings (SSSR count). The fourth-order valence-corrected chi connectivity index (χ4v) is 2.47. The predicted octanol–water partition coefficient (Wildman–Crippen LogP) is 3.58. The van der Waals surface area contributed by atoms with Gasteiger partial charge in [0.1, 0.15) is 5.82 Å². The first-order valence-corrected chi connectivity index (χ1v) is 7.10. The number of nitrogen functional groups attached to an aromatic ring is 1. The van der Waals surface area contributed by atoms with E-state index in [1.54, 1.807) is 6.20 Å². The number of halogens is 2. The van der Waals surface area contributed by atoms with Gasteiger partial charge in [0.15, 0.2) is 0 Å². The van der Waals surface area contributed by atoms with Gasteiger partial charge in [-0.3, -0.25) is 0 Å². The number of pyridine rings is 1. The van der Waals surface area contributed by atoms with E-state index in [9.17, 15) is 0 Å². The Morgan fingerprint density at radius 1 is 1.42 bits per heavy atom. The molecule has 0 bridgehead atoms. The van der Waals surface area contributed by atoms with Crippen LogP contribution in [-0.4, -0.2) is 12.0 Å². The van der Waals surface area contributed by atoms with E-state index in [-0.39, 0.29) is 6.04 Å². The second-order valence-electron chi connectivity index (χ2n) is 4.27. The number of benzene rings is 1. The maximum atomic E-state index is 6.02. The van der Waals surface area contributed by atoms with Crippen LogP contribution in [-0.2, 0) is 6.42 Å². The Bertz CT molecular complexity index is 574. The van der Waals surface area contributed by atoms with Gasteiger partial charge in [-0.2, -0.15) is 0 Å². The van der Waals surface area contributed by atoms with Gasteiger partial charge in [-0.25, -0.2) is 4.98 Å². The lowest BCUT2D eigenvalue weighted by Crippen LogP contribution is -2.19. The van der Waals surface area contributed by atoms with Crippen LogP contribution in [0.5, 0.6) is 0 Å². The van der Waals surface area contributed by atoms with Crippen LogP contribution in [0.1, 0.15) is 17.2 Å². The highest BCUT2D eigenvalue weighted by Gasteiger charge is 2.13. The van der Waals surface area contributed by atoms with E-state index >= 15 is 0 Å². The molecule has 0 aliphatic heterocycles. The van der Waals surface area contributed by atoms with E-state index in [1.165, 1.54) is 0 Å². The zero-order valence-electron chi connectivity index (χ0n) is 10.5. The van der Waals surface area contributed by atoms with Crippen molar-refractivity contribution in [3.05, 3.63) is 57.2 Å². The summed E-state index contributed by atoms with van der Waals surface area (Å²) in [5, 5.41) is 4.00. The highest BCUT2D eigenvalue weighted by molar-refractivity contribution is 9.10. The molecule has 0 radical (unpaired) electrons. The van der Waals surface area contributed by atoms with Gasteiger partial charge < -0.3 is 11.1 Å². The second kappa shape index (κ2) is 6.37. The number of hydrogen-bond donors (Lipinski definition) is 2. The van der Waals surface area contributed by atoms with E-state index in [4.69, 9.17) is 17.3 Å². The molecule has 0 saturated carbocycles. The molecular formula is C14H15BrClN3. The molecule has 0 amide bonds. The van der Waals surface area contributed by atoms with Crippen LogP contribution in [0.3, 0.4) is 0 Å². The summed E-state index contributed by atoms with van der Waals surface area (Å²) in [6, 6.07) is 9.99. The lowest BCUT2D eigenvalue weighted by molar-refractivity contribution is 0.592. The average molecular weight is 341 g/mol. The Balaban J connectivity index is 2.25. The quantitative estimate of drug-likeness (QED) is 0.894. The van der Waals surface area contributed by atoms with Gasteiger partial charge in [0.05, 0.1) is 5.02 Å². The van der Waals surface area contributed by atoms with Crippen LogP contribution in [0.2, 0.25) is 5.02 Å². The van der Waals surface area contributed by atoms with Crippen molar-refractivity contribution in [3.8, 4) is 0 Å². The van der Waals surface area contributed by atoms with Crippen LogP contribution in [0.25, 0.3) is 0 Å². The third-order valence-corrected chi connectivity index (χ3v) is 4.26. The molecule has 2 aromatic rings. The smallest absolute Gasteiger partial charge is 0.126 e. The number of aromatic nitrogens is 1. The number of nitrogens with two attached hydrogens (primary N) is 1. The van der Waals surface area contributed by atoms with Crippen LogP contribution in [0.4, 0.5) is 5.82 Å².